The Kier molecular flexibility index (Phi) is 4.62. The Bertz CT molecular complexity index is 377. The number of hydrogen-bond donors (Lipinski definition) is 3. The number of carbonyl (C=O) groups is 1. The predicted molar refractivity (Wildman–Crippen MR) is 63.6 cm³/mol. The van der Waals surface area contributed by atoms with Gasteiger partial charge in [0.2, 0.25) is 5.82 Å². The molecule has 1 amide bonds. The first-order valence-electron chi connectivity index (χ1n) is 5.89. The number of aliphatic hydroxyl groups is 1. The second-order valence-corrected chi connectivity index (χ2v) is 4.30. The van der Waals surface area contributed by atoms with E-state index in [0.717, 1.165) is 6.42 Å². The van der Waals surface area contributed by atoms with E-state index in [9.17, 15) is 4.79 Å². The lowest BCUT2D eigenvalue weighted by molar-refractivity contribution is 0.0875. The third kappa shape index (κ3) is 3.52. The van der Waals surface area contributed by atoms with Crippen molar-refractivity contribution in [2.75, 3.05) is 6.61 Å². The summed E-state index contributed by atoms with van der Waals surface area (Å²) in [7, 11) is 0. The zero-order valence-electron chi connectivity index (χ0n) is 10.6. The SMILES string of the molecule is CCc1nc(C(=O)NC(C)(CC)CCO)n[nH]1. The van der Waals surface area contributed by atoms with E-state index in [1.54, 1.807) is 0 Å². The molecule has 0 aliphatic carbocycles. The third-order valence-corrected chi connectivity index (χ3v) is 2.93. The Hall–Kier alpha value is -1.43. The van der Waals surface area contributed by atoms with Crippen LogP contribution in [0, 0.1) is 0 Å². The van der Waals surface area contributed by atoms with Crippen molar-refractivity contribution in [1.29, 1.82) is 0 Å². The van der Waals surface area contributed by atoms with E-state index in [4.69, 9.17) is 5.11 Å². The average Bonchev–Trinajstić information content (AvgIpc) is 2.78. The maximum absolute atomic E-state index is 11.9. The highest BCUT2D eigenvalue weighted by atomic mass is 16.3. The summed E-state index contributed by atoms with van der Waals surface area (Å²) in [4.78, 5) is 16.0. The minimum atomic E-state index is -0.418. The van der Waals surface area contributed by atoms with Gasteiger partial charge < -0.3 is 10.4 Å². The van der Waals surface area contributed by atoms with E-state index in [1.807, 2.05) is 20.8 Å². The first-order valence-corrected chi connectivity index (χ1v) is 5.89. The van der Waals surface area contributed by atoms with Crippen LogP contribution in [-0.2, 0) is 6.42 Å². The van der Waals surface area contributed by atoms with Crippen LogP contribution >= 0.6 is 0 Å². The van der Waals surface area contributed by atoms with Crippen LogP contribution in [0.4, 0.5) is 0 Å². The van der Waals surface area contributed by atoms with Crippen LogP contribution in [-0.4, -0.2) is 38.3 Å². The third-order valence-electron chi connectivity index (χ3n) is 2.93. The Balaban J connectivity index is 2.70. The summed E-state index contributed by atoms with van der Waals surface area (Å²) < 4.78 is 0. The average molecular weight is 240 g/mol. The van der Waals surface area contributed by atoms with Gasteiger partial charge in [0.25, 0.3) is 5.91 Å². The fourth-order valence-electron chi connectivity index (χ4n) is 1.46. The quantitative estimate of drug-likeness (QED) is 0.680. The van der Waals surface area contributed by atoms with Gasteiger partial charge >= 0.3 is 0 Å². The first-order chi connectivity index (χ1) is 8.04. The van der Waals surface area contributed by atoms with Crippen molar-refractivity contribution in [2.45, 2.75) is 45.6 Å². The predicted octanol–water partition coefficient (Wildman–Crippen LogP) is 0.648. The molecular weight excluding hydrogens is 220 g/mol. The number of carbonyl (C=O) groups excluding carboxylic acids is 1. The van der Waals surface area contributed by atoms with E-state index in [2.05, 4.69) is 20.5 Å². The number of amides is 1. The van der Waals surface area contributed by atoms with Gasteiger partial charge in [-0.2, -0.15) is 0 Å². The molecule has 0 bridgehead atoms. The van der Waals surface area contributed by atoms with E-state index < -0.39 is 5.54 Å². The van der Waals surface area contributed by atoms with E-state index in [0.29, 0.717) is 18.7 Å². The number of aryl methyl sites for hydroxylation is 1. The fraction of sp³-hybridized carbons (Fsp3) is 0.727. The molecule has 0 radical (unpaired) electrons. The lowest BCUT2D eigenvalue weighted by Crippen LogP contribution is -2.46. The highest BCUT2D eigenvalue weighted by molar-refractivity contribution is 5.90. The minimum absolute atomic E-state index is 0.0405. The Morgan fingerprint density at radius 1 is 1.53 bits per heavy atom. The van der Waals surface area contributed by atoms with Crippen molar-refractivity contribution in [1.82, 2.24) is 20.5 Å². The second kappa shape index (κ2) is 5.77. The van der Waals surface area contributed by atoms with Gasteiger partial charge in [-0.3, -0.25) is 9.89 Å². The summed E-state index contributed by atoms with van der Waals surface area (Å²) in [5.41, 5.74) is -0.418. The molecule has 1 unspecified atom stereocenters. The van der Waals surface area contributed by atoms with Crippen LogP contribution in [0.5, 0.6) is 0 Å². The minimum Gasteiger partial charge on any atom is -0.396 e. The number of nitrogens with zero attached hydrogens (tertiary/aromatic N) is 2. The molecule has 0 aromatic carbocycles. The van der Waals surface area contributed by atoms with Crippen LogP contribution in [0.2, 0.25) is 0 Å². The van der Waals surface area contributed by atoms with Gasteiger partial charge in [0.1, 0.15) is 5.82 Å². The maximum atomic E-state index is 11.9. The zero-order chi connectivity index (χ0) is 12.9. The van der Waals surface area contributed by atoms with Gasteiger partial charge in [-0.25, -0.2) is 4.98 Å². The van der Waals surface area contributed by atoms with Crippen LogP contribution in [0.25, 0.3) is 0 Å². The van der Waals surface area contributed by atoms with Crippen LogP contribution in [0.1, 0.15) is 50.1 Å². The monoisotopic (exact) mass is 240 g/mol. The Morgan fingerprint density at radius 2 is 2.24 bits per heavy atom. The smallest absolute Gasteiger partial charge is 0.291 e. The zero-order valence-corrected chi connectivity index (χ0v) is 10.6. The summed E-state index contributed by atoms with van der Waals surface area (Å²) in [6.07, 6.45) is 1.96. The highest BCUT2D eigenvalue weighted by Gasteiger charge is 2.25. The van der Waals surface area contributed by atoms with Crippen molar-refractivity contribution in [3.63, 3.8) is 0 Å². The normalized spacial score (nSPS) is 14.4. The highest BCUT2D eigenvalue weighted by Crippen LogP contribution is 2.14. The van der Waals surface area contributed by atoms with E-state index in [1.165, 1.54) is 0 Å². The number of aliphatic hydroxyl groups excluding tert-OH is 1. The molecule has 0 spiro atoms. The summed E-state index contributed by atoms with van der Waals surface area (Å²) in [6.45, 7) is 5.84. The lowest BCUT2D eigenvalue weighted by atomic mass is 9.95. The van der Waals surface area contributed by atoms with Crippen molar-refractivity contribution >= 4 is 5.91 Å². The number of hydrogen-bond acceptors (Lipinski definition) is 4. The standard InChI is InChI=1S/C11H20N4O2/c1-4-8-12-9(15-14-8)10(17)13-11(3,5-2)6-7-16/h16H,4-7H2,1-3H3,(H,13,17)(H,12,14,15). The van der Waals surface area contributed by atoms with Gasteiger partial charge in [-0.05, 0) is 19.8 Å². The number of aromatic nitrogens is 3. The largest absolute Gasteiger partial charge is 0.396 e. The fourth-order valence-corrected chi connectivity index (χ4v) is 1.46. The Morgan fingerprint density at radius 3 is 2.71 bits per heavy atom. The van der Waals surface area contributed by atoms with Gasteiger partial charge in [0, 0.05) is 18.6 Å². The molecular formula is C11H20N4O2. The van der Waals surface area contributed by atoms with Crippen LogP contribution in [0.3, 0.4) is 0 Å². The van der Waals surface area contributed by atoms with Gasteiger partial charge in [0.05, 0.1) is 0 Å². The molecule has 6 nitrogen and oxygen atoms in total. The van der Waals surface area contributed by atoms with Gasteiger partial charge in [0.15, 0.2) is 0 Å². The molecule has 17 heavy (non-hydrogen) atoms. The molecule has 0 aliphatic heterocycles. The second-order valence-electron chi connectivity index (χ2n) is 4.30. The van der Waals surface area contributed by atoms with Crippen LogP contribution < -0.4 is 5.32 Å². The van der Waals surface area contributed by atoms with Crippen molar-refractivity contribution in [2.24, 2.45) is 0 Å². The molecule has 0 aliphatic rings. The molecule has 0 fully saturated rings. The molecule has 96 valence electrons. The van der Waals surface area contributed by atoms with Gasteiger partial charge in [-0.15, -0.1) is 5.10 Å². The Labute approximate surface area is 101 Å². The molecule has 6 heteroatoms. The molecule has 1 heterocycles. The molecule has 3 N–H and O–H groups in total. The van der Waals surface area contributed by atoms with E-state index in [-0.39, 0.29) is 18.3 Å². The van der Waals surface area contributed by atoms with Gasteiger partial charge in [-0.1, -0.05) is 13.8 Å². The summed E-state index contributed by atoms with van der Waals surface area (Å²) in [6, 6.07) is 0. The van der Waals surface area contributed by atoms with Crippen molar-refractivity contribution < 1.29 is 9.90 Å². The van der Waals surface area contributed by atoms with Crippen LogP contribution in [0.15, 0.2) is 0 Å². The maximum Gasteiger partial charge on any atom is 0.291 e. The molecule has 0 saturated carbocycles. The molecule has 1 aromatic heterocycles. The molecule has 1 atom stereocenters. The first kappa shape index (κ1) is 13.6. The topological polar surface area (TPSA) is 90.9 Å². The van der Waals surface area contributed by atoms with E-state index >= 15 is 0 Å². The number of H-pyrrole nitrogens is 1. The number of rotatable bonds is 6. The summed E-state index contributed by atoms with van der Waals surface area (Å²) in [5.74, 6) is 0.536. The number of nitrogens with one attached hydrogen (secondary N) is 2. The van der Waals surface area contributed by atoms with Crippen molar-refractivity contribution in [3.05, 3.63) is 11.6 Å². The molecule has 0 saturated heterocycles. The summed E-state index contributed by atoms with van der Waals surface area (Å²) in [5, 5.41) is 18.4. The summed E-state index contributed by atoms with van der Waals surface area (Å²) >= 11 is 0. The molecule has 1 rings (SSSR count). The lowest BCUT2D eigenvalue weighted by Gasteiger charge is -2.28. The molecule has 1 aromatic rings. The number of aromatic amines is 1. The van der Waals surface area contributed by atoms with Crippen molar-refractivity contribution in [3.8, 4) is 0 Å².